The predicted octanol–water partition coefficient (Wildman–Crippen LogP) is 5.41. The van der Waals surface area contributed by atoms with Gasteiger partial charge in [-0.05, 0) is 30.7 Å². The Kier molecular flexibility index (Phi) is 6.27. The molecular formula is C18H15Cl3F3N3O. The quantitative estimate of drug-likeness (QED) is 0.611. The lowest BCUT2D eigenvalue weighted by Crippen LogP contribution is -2.35. The fourth-order valence-electron chi connectivity index (χ4n) is 2.98. The van der Waals surface area contributed by atoms with Gasteiger partial charge in [0, 0.05) is 37.4 Å². The Morgan fingerprint density at radius 2 is 1.75 bits per heavy atom. The van der Waals surface area contributed by atoms with Crippen molar-refractivity contribution in [2.75, 3.05) is 31.1 Å². The van der Waals surface area contributed by atoms with Crippen molar-refractivity contribution in [3.8, 4) is 0 Å². The van der Waals surface area contributed by atoms with E-state index < -0.39 is 11.7 Å². The molecule has 1 aromatic heterocycles. The van der Waals surface area contributed by atoms with Gasteiger partial charge in [-0.25, -0.2) is 4.98 Å². The van der Waals surface area contributed by atoms with Gasteiger partial charge in [0.15, 0.2) is 0 Å². The SMILES string of the molecule is O=C(c1ccc(Cl)cc1Cl)N1CCCN(c2ncc(C(F)(F)F)cc2Cl)CC1. The van der Waals surface area contributed by atoms with Crippen LogP contribution in [0, 0.1) is 0 Å². The van der Waals surface area contributed by atoms with Crippen molar-refractivity contribution in [3.63, 3.8) is 0 Å². The van der Waals surface area contributed by atoms with Gasteiger partial charge in [-0.2, -0.15) is 13.2 Å². The lowest BCUT2D eigenvalue weighted by molar-refractivity contribution is -0.137. The third-order valence-corrected chi connectivity index (χ3v) is 5.22. The summed E-state index contributed by atoms with van der Waals surface area (Å²) >= 11 is 18.0. The van der Waals surface area contributed by atoms with E-state index in [2.05, 4.69) is 4.98 Å². The van der Waals surface area contributed by atoms with E-state index >= 15 is 0 Å². The van der Waals surface area contributed by atoms with Crippen molar-refractivity contribution < 1.29 is 18.0 Å². The van der Waals surface area contributed by atoms with Gasteiger partial charge in [-0.1, -0.05) is 34.8 Å². The minimum atomic E-state index is -4.50. The predicted molar refractivity (Wildman–Crippen MR) is 103 cm³/mol. The van der Waals surface area contributed by atoms with E-state index in [9.17, 15) is 18.0 Å². The van der Waals surface area contributed by atoms with Crippen molar-refractivity contribution in [3.05, 3.63) is 56.7 Å². The fraction of sp³-hybridized carbons (Fsp3) is 0.333. The van der Waals surface area contributed by atoms with E-state index in [-0.39, 0.29) is 21.8 Å². The second-order valence-corrected chi connectivity index (χ2v) is 7.53. The Bertz CT molecular complexity index is 892. The largest absolute Gasteiger partial charge is 0.417 e. The first kappa shape index (κ1) is 21.0. The van der Waals surface area contributed by atoms with Crippen LogP contribution in [0.2, 0.25) is 15.1 Å². The van der Waals surface area contributed by atoms with Crippen LogP contribution in [-0.4, -0.2) is 42.0 Å². The van der Waals surface area contributed by atoms with E-state index in [1.807, 2.05) is 0 Å². The van der Waals surface area contributed by atoms with E-state index in [0.29, 0.717) is 43.2 Å². The molecule has 0 bridgehead atoms. The third kappa shape index (κ3) is 4.64. The summed E-state index contributed by atoms with van der Waals surface area (Å²) in [5.74, 6) is 0.0449. The van der Waals surface area contributed by atoms with Gasteiger partial charge >= 0.3 is 6.18 Å². The van der Waals surface area contributed by atoms with Gasteiger partial charge in [-0.15, -0.1) is 0 Å². The third-order valence-electron chi connectivity index (χ3n) is 4.39. The highest BCUT2D eigenvalue weighted by Crippen LogP contribution is 2.34. The molecule has 2 aromatic rings. The van der Waals surface area contributed by atoms with Crippen molar-refractivity contribution in [2.24, 2.45) is 0 Å². The van der Waals surface area contributed by atoms with Gasteiger partial charge < -0.3 is 9.80 Å². The van der Waals surface area contributed by atoms with Crippen LogP contribution in [0.25, 0.3) is 0 Å². The van der Waals surface area contributed by atoms with Crippen molar-refractivity contribution in [2.45, 2.75) is 12.6 Å². The summed E-state index contributed by atoms with van der Waals surface area (Å²) in [6.07, 6.45) is -3.13. The number of hydrogen-bond acceptors (Lipinski definition) is 3. The second-order valence-electron chi connectivity index (χ2n) is 6.28. The summed E-state index contributed by atoms with van der Waals surface area (Å²) in [5.41, 5.74) is -0.546. The molecule has 1 aromatic carbocycles. The van der Waals surface area contributed by atoms with Crippen LogP contribution in [-0.2, 0) is 6.18 Å². The van der Waals surface area contributed by atoms with Gasteiger partial charge in [0.25, 0.3) is 5.91 Å². The summed E-state index contributed by atoms with van der Waals surface area (Å²) in [6, 6.07) is 5.54. The minimum Gasteiger partial charge on any atom is -0.354 e. The number of anilines is 1. The topological polar surface area (TPSA) is 36.4 Å². The maximum Gasteiger partial charge on any atom is 0.417 e. The Morgan fingerprint density at radius 1 is 1.00 bits per heavy atom. The van der Waals surface area contributed by atoms with Crippen LogP contribution in [0.5, 0.6) is 0 Å². The molecule has 0 N–H and O–H groups in total. The average molecular weight is 453 g/mol. The lowest BCUT2D eigenvalue weighted by atomic mass is 10.2. The Hall–Kier alpha value is -1.70. The van der Waals surface area contributed by atoms with Gasteiger partial charge in [-0.3, -0.25) is 4.79 Å². The zero-order valence-electron chi connectivity index (χ0n) is 14.4. The number of aromatic nitrogens is 1. The zero-order chi connectivity index (χ0) is 20.5. The lowest BCUT2D eigenvalue weighted by Gasteiger charge is -2.24. The molecule has 0 unspecified atom stereocenters. The highest BCUT2D eigenvalue weighted by Gasteiger charge is 2.32. The van der Waals surface area contributed by atoms with Crippen molar-refractivity contribution in [1.82, 2.24) is 9.88 Å². The maximum absolute atomic E-state index is 12.8. The second kappa shape index (κ2) is 8.35. The average Bonchev–Trinajstić information content (AvgIpc) is 2.86. The van der Waals surface area contributed by atoms with Gasteiger partial charge in [0.2, 0.25) is 0 Å². The molecule has 0 aliphatic carbocycles. The molecule has 1 fully saturated rings. The number of hydrogen-bond donors (Lipinski definition) is 0. The summed E-state index contributed by atoms with van der Waals surface area (Å²) in [5, 5.41) is 0.632. The number of amides is 1. The zero-order valence-corrected chi connectivity index (χ0v) is 16.7. The van der Waals surface area contributed by atoms with Crippen LogP contribution in [0.15, 0.2) is 30.5 Å². The summed E-state index contributed by atoms with van der Waals surface area (Å²) in [4.78, 5) is 20.1. The number of nitrogens with zero attached hydrogens (tertiary/aromatic N) is 3. The molecule has 1 aliphatic heterocycles. The minimum absolute atomic E-state index is 0.0738. The first-order valence-electron chi connectivity index (χ1n) is 8.39. The molecule has 1 amide bonds. The Morgan fingerprint density at radius 3 is 2.39 bits per heavy atom. The molecule has 150 valence electrons. The molecule has 28 heavy (non-hydrogen) atoms. The highest BCUT2D eigenvalue weighted by molar-refractivity contribution is 6.36. The highest BCUT2D eigenvalue weighted by atomic mass is 35.5. The van der Waals surface area contributed by atoms with Crippen LogP contribution < -0.4 is 4.90 Å². The van der Waals surface area contributed by atoms with Crippen LogP contribution >= 0.6 is 34.8 Å². The number of pyridine rings is 1. The molecule has 2 heterocycles. The molecule has 10 heteroatoms. The standard InChI is InChI=1S/C18H15Cl3F3N3O/c19-12-2-3-13(14(20)9-12)17(28)27-5-1-4-26(6-7-27)16-15(21)8-11(10-25-16)18(22,23)24/h2-3,8-10H,1,4-7H2. The summed E-state index contributed by atoms with van der Waals surface area (Å²) in [7, 11) is 0. The number of benzene rings is 1. The van der Waals surface area contributed by atoms with E-state index in [0.717, 1.165) is 12.3 Å². The van der Waals surface area contributed by atoms with Crippen LogP contribution in [0.1, 0.15) is 22.3 Å². The van der Waals surface area contributed by atoms with E-state index in [4.69, 9.17) is 34.8 Å². The molecule has 0 saturated carbocycles. The van der Waals surface area contributed by atoms with Crippen molar-refractivity contribution in [1.29, 1.82) is 0 Å². The number of alkyl halides is 3. The van der Waals surface area contributed by atoms with E-state index in [1.54, 1.807) is 21.9 Å². The summed E-state index contributed by atoms with van der Waals surface area (Å²) < 4.78 is 38.4. The molecule has 0 atom stereocenters. The monoisotopic (exact) mass is 451 g/mol. The van der Waals surface area contributed by atoms with Crippen LogP contribution in [0.3, 0.4) is 0 Å². The smallest absolute Gasteiger partial charge is 0.354 e. The Labute approximate surface area is 174 Å². The molecule has 0 spiro atoms. The number of rotatable bonds is 2. The maximum atomic E-state index is 12.8. The fourth-order valence-corrected chi connectivity index (χ4v) is 3.76. The first-order valence-corrected chi connectivity index (χ1v) is 9.52. The first-order chi connectivity index (χ1) is 13.2. The normalized spacial score (nSPS) is 15.5. The Balaban J connectivity index is 1.74. The molecule has 3 rings (SSSR count). The molecular weight excluding hydrogens is 438 g/mol. The van der Waals surface area contributed by atoms with E-state index in [1.165, 1.54) is 6.07 Å². The van der Waals surface area contributed by atoms with Crippen LogP contribution in [0.4, 0.5) is 19.0 Å². The molecule has 4 nitrogen and oxygen atoms in total. The van der Waals surface area contributed by atoms with Gasteiger partial charge in [0.05, 0.1) is 21.2 Å². The number of carbonyl (C=O) groups is 1. The van der Waals surface area contributed by atoms with Gasteiger partial charge in [0.1, 0.15) is 5.82 Å². The number of halogens is 6. The van der Waals surface area contributed by atoms with Crippen molar-refractivity contribution >= 4 is 46.5 Å². The number of carbonyl (C=O) groups excluding carboxylic acids is 1. The molecule has 1 saturated heterocycles. The molecule has 1 aliphatic rings. The summed E-state index contributed by atoms with van der Waals surface area (Å²) in [6.45, 7) is 1.73. The molecule has 0 radical (unpaired) electrons.